The normalized spacial score (nSPS) is 25.4. The van der Waals surface area contributed by atoms with Crippen LogP contribution in [-0.2, 0) is 4.75 Å². The second-order valence-corrected chi connectivity index (χ2v) is 6.46. The van der Waals surface area contributed by atoms with Gasteiger partial charge < -0.3 is 4.98 Å². The van der Waals surface area contributed by atoms with Crippen LogP contribution in [0, 0.1) is 0 Å². The van der Waals surface area contributed by atoms with Gasteiger partial charge in [0.1, 0.15) is 5.82 Å². The quantitative estimate of drug-likeness (QED) is 0.832. The Hall–Kier alpha value is -0.670. The van der Waals surface area contributed by atoms with Crippen molar-refractivity contribution in [1.29, 1.82) is 0 Å². The van der Waals surface area contributed by atoms with E-state index in [4.69, 9.17) is 11.6 Å². The maximum absolute atomic E-state index is 5.97. The number of benzene rings is 1. The number of fused-ring (bicyclic) bond motifs is 1. The topological polar surface area (TPSA) is 28.7 Å². The number of rotatable bonds is 1. The average Bonchev–Trinajstić information content (AvgIpc) is 2.84. The van der Waals surface area contributed by atoms with Gasteiger partial charge in [0.15, 0.2) is 0 Å². The van der Waals surface area contributed by atoms with Gasteiger partial charge in [0.25, 0.3) is 0 Å². The van der Waals surface area contributed by atoms with Gasteiger partial charge in [-0.3, -0.25) is 0 Å². The van der Waals surface area contributed by atoms with Crippen LogP contribution in [0.15, 0.2) is 18.2 Å². The number of hydrogen-bond donors (Lipinski definition) is 1. The molecule has 0 aliphatic carbocycles. The molecule has 2 nitrogen and oxygen atoms in total. The molecule has 0 spiro atoms. The Morgan fingerprint density at radius 2 is 2.38 bits per heavy atom. The summed E-state index contributed by atoms with van der Waals surface area (Å²) in [4.78, 5) is 8.08. The predicted octanol–water partition coefficient (Wildman–Crippen LogP) is 3.96. The third-order valence-corrected chi connectivity index (χ3v) is 4.93. The van der Waals surface area contributed by atoms with Crippen LogP contribution in [0.4, 0.5) is 0 Å². The summed E-state index contributed by atoms with van der Waals surface area (Å²) in [6.45, 7) is 2.27. The van der Waals surface area contributed by atoms with Crippen LogP contribution in [0.3, 0.4) is 0 Å². The van der Waals surface area contributed by atoms with Crippen LogP contribution in [0.2, 0.25) is 5.02 Å². The van der Waals surface area contributed by atoms with Crippen LogP contribution in [0.5, 0.6) is 0 Å². The van der Waals surface area contributed by atoms with E-state index in [1.165, 1.54) is 18.6 Å². The summed E-state index contributed by atoms with van der Waals surface area (Å²) in [5.74, 6) is 2.32. The van der Waals surface area contributed by atoms with E-state index in [2.05, 4.69) is 16.9 Å². The minimum absolute atomic E-state index is 0.158. The molecule has 1 aromatic heterocycles. The molecular weight excluding hydrogens is 240 g/mol. The molecule has 2 heterocycles. The Morgan fingerprint density at radius 3 is 3.12 bits per heavy atom. The lowest BCUT2D eigenvalue weighted by atomic mass is 10.1. The lowest BCUT2D eigenvalue weighted by Gasteiger charge is -2.18. The number of imidazole rings is 1. The van der Waals surface area contributed by atoms with Crippen molar-refractivity contribution in [3.8, 4) is 0 Å². The number of halogens is 1. The summed E-state index contributed by atoms with van der Waals surface area (Å²) < 4.78 is 0.158. The van der Waals surface area contributed by atoms with Crippen LogP contribution < -0.4 is 0 Å². The molecule has 1 atom stereocenters. The molecule has 1 aromatic carbocycles. The molecule has 1 aliphatic heterocycles. The van der Waals surface area contributed by atoms with Gasteiger partial charge in [0.2, 0.25) is 0 Å². The van der Waals surface area contributed by atoms with Crippen molar-refractivity contribution in [3.63, 3.8) is 0 Å². The number of nitrogens with zero attached hydrogens (tertiary/aromatic N) is 1. The molecule has 0 radical (unpaired) electrons. The largest absolute Gasteiger partial charge is 0.341 e. The lowest BCUT2D eigenvalue weighted by Crippen LogP contribution is -2.14. The Kier molecular flexibility index (Phi) is 2.41. The number of hydrogen-bond acceptors (Lipinski definition) is 2. The van der Waals surface area contributed by atoms with Crippen molar-refractivity contribution in [2.75, 3.05) is 5.75 Å². The van der Waals surface area contributed by atoms with Gasteiger partial charge in [0.05, 0.1) is 15.8 Å². The van der Waals surface area contributed by atoms with Crippen molar-refractivity contribution in [1.82, 2.24) is 9.97 Å². The molecule has 2 aromatic rings. The molecule has 4 heteroatoms. The van der Waals surface area contributed by atoms with E-state index in [0.717, 1.165) is 21.9 Å². The summed E-state index contributed by atoms with van der Waals surface area (Å²) in [6, 6.07) is 5.80. The monoisotopic (exact) mass is 252 g/mol. The van der Waals surface area contributed by atoms with Crippen molar-refractivity contribution in [2.24, 2.45) is 0 Å². The molecule has 0 bridgehead atoms. The molecule has 1 N–H and O–H groups in total. The first-order chi connectivity index (χ1) is 7.67. The Morgan fingerprint density at radius 1 is 1.50 bits per heavy atom. The second-order valence-electron chi connectivity index (χ2n) is 4.43. The summed E-state index contributed by atoms with van der Waals surface area (Å²) in [5, 5.41) is 0.756. The van der Waals surface area contributed by atoms with E-state index in [9.17, 15) is 0 Å². The van der Waals surface area contributed by atoms with Gasteiger partial charge in [-0.1, -0.05) is 11.6 Å². The van der Waals surface area contributed by atoms with Gasteiger partial charge in [0, 0.05) is 5.02 Å². The fourth-order valence-electron chi connectivity index (χ4n) is 2.20. The minimum atomic E-state index is 0.158. The molecule has 84 valence electrons. The predicted molar refractivity (Wildman–Crippen MR) is 70.1 cm³/mol. The molecule has 1 unspecified atom stereocenters. The summed E-state index contributed by atoms with van der Waals surface area (Å²) >= 11 is 7.96. The molecule has 16 heavy (non-hydrogen) atoms. The molecule has 0 amide bonds. The standard InChI is InChI=1S/C12H13ClN2S/c1-12(5-2-6-16-12)11-14-9-4-3-8(13)7-10(9)15-11/h3-4,7H,2,5-6H2,1H3,(H,14,15). The highest BCUT2D eigenvalue weighted by atomic mass is 35.5. The van der Waals surface area contributed by atoms with E-state index < -0.39 is 0 Å². The van der Waals surface area contributed by atoms with Gasteiger partial charge in [-0.25, -0.2) is 4.98 Å². The first-order valence-electron chi connectivity index (χ1n) is 5.47. The van der Waals surface area contributed by atoms with Crippen molar-refractivity contribution in [3.05, 3.63) is 29.0 Å². The molecule has 1 saturated heterocycles. The SMILES string of the molecule is CC1(c2nc3ccc(Cl)cc3[nH]2)CCCS1. The smallest absolute Gasteiger partial charge is 0.123 e. The van der Waals surface area contributed by atoms with Gasteiger partial charge in [-0.15, -0.1) is 11.8 Å². The number of nitrogens with one attached hydrogen (secondary N) is 1. The van der Waals surface area contributed by atoms with E-state index in [0.29, 0.717) is 0 Å². The Bertz CT molecular complexity index is 529. The molecule has 3 rings (SSSR count). The maximum Gasteiger partial charge on any atom is 0.123 e. The van der Waals surface area contributed by atoms with E-state index >= 15 is 0 Å². The van der Waals surface area contributed by atoms with Gasteiger partial charge >= 0.3 is 0 Å². The number of thioether (sulfide) groups is 1. The zero-order chi connectivity index (χ0) is 11.2. The third kappa shape index (κ3) is 1.62. The number of H-pyrrole nitrogens is 1. The molecule has 1 aliphatic rings. The fraction of sp³-hybridized carbons (Fsp3) is 0.417. The van der Waals surface area contributed by atoms with Gasteiger partial charge in [-0.2, -0.15) is 0 Å². The van der Waals surface area contributed by atoms with E-state index in [1.54, 1.807) is 0 Å². The number of aromatic nitrogens is 2. The average molecular weight is 253 g/mol. The first kappa shape index (κ1) is 10.5. The van der Waals surface area contributed by atoms with Gasteiger partial charge in [-0.05, 0) is 43.7 Å². The second kappa shape index (κ2) is 3.67. The Balaban J connectivity index is 2.11. The fourth-order valence-corrected chi connectivity index (χ4v) is 3.63. The zero-order valence-corrected chi connectivity index (χ0v) is 10.7. The molecule has 0 saturated carbocycles. The number of aromatic amines is 1. The van der Waals surface area contributed by atoms with Crippen LogP contribution >= 0.6 is 23.4 Å². The maximum atomic E-state index is 5.97. The third-order valence-electron chi connectivity index (χ3n) is 3.16. The van der Waals surface area contributed by atoms with Crippen LogP contribution in [0.1, 0.15) is 25.6 Å². The van der Waals surface area contributed by atoms with Crippen molar-refractivity contribution < 1.29 is 0 Å². The Labute approximate surface area is 104 Å². The highest BCUT2D eigenvalue weighted by molar-refractivity contribution is 8.00. The van der Waals surface area contributed by atoms with Crippen molar-refractivity contribution in [2.45, 2.75) is 24.5 Å². The van der Waals surface area contributed by atoms with E-state index in [-0.39, 0.29) is 4.75 Å². The summed E-state index contributed by atoms with van der Waals surface area (Å²) in [5.41, 5.74) is 2.05. The summed E-state index contributed by atoms with van der Waals surface area (Å²) in [6.07, 6.45) is 2.48. The summed E-state index contributed by atoms with van der Waals surface area (Å²) in [7, 11) is 0. The molecular formula is C12H13ClN2S. The van der Waals surface area contributed by atoms with Crippen LogP contribution in [-0.4, -0.2) is 15.7 Å². The highest BCUT2D eigenvalue weighted by Gasteiger charge is 2.34. The van der Waals surface area contributed by atoms with E-state index in [1.807, 2.05) is 30.0 Å². The first-order valence-corrected chi connectivity index (χ1v) is 6.83. The lowest BCUT2D eigenvalue weighted by molar-refractivity contribution is 0.614. The zero-order valence-electron chi connectivity index (χ0n) is 9.09. The van der Waals surface area contributed by atoms with Crippen molar-refractivity contribution >= 4 is 34.4 Å². The molecule has 1 fully saturated rings. The minimum Gasteiger partial charge on any atom is -0.341 e. The highest BCUT2D eigenvalue weighted by Crippen LogP contribution is 2.45. The van der Waals surface area contributed by atoms with Crippen LogP contribution in [0.25, 0.3) is 11.0 Å².